The van der Waals surface area contributed by atoms with Crippen LogP contribution in [-0.4, -0.2) is 0 Å². The van der Waals surface area contributed by atoms with Gasteiger partial charge in [0.05, 0.1) is 11.1 Å². The molecule has 1 aliphatic carbocycles. The maximum absolute atomic E-state index is 2.48. The molecule has 1 aliphatic rings. The molecule has 0 aliphatic heterocycles. The number of hydrogen-bond acceptors (Lipinski definition) is 1. The summed E-state index contributed by atoms with van der Waals surface area (Å²) < 4.78 is 0. The average molecular weight is 788 g/mol. The van der Waals surface area contributed by atoms with Crippen LogP contribution in [0, 0.1) is 0 Å². The number of benzene rings is 11. The molecule has 0 unspecified atom stereocenters. The normalized spacial score (nSPS) is 12.6. The summed E-state index contributed by atoms with van der Waals surface area (Å²) in [6, 6.07) is 91.6. The molecule has 62 heavy (non-hydrogen) atoms. The fourth-order valence-electron chi connectivity index (χ4n) is 10.4. The zero-order valence-electron chi connectivity index (χ0n) is 34.1. The lowest BCUT2D eigenvalue weighted by molar-refractivity contribution is 0.768. The quantitative estimate of drug-likeness (QED) is 0.145. The summed E-state index contributed by atoms with van der Waals surface area (Å²) in [5.74, 6) is 0. The number of nitrogens with zero attached hydrogens (tertiary/aromatic N) is 1. The van der Waals surface area contributed by atoms with Crippen LogP contribution in [0.2, 0.25) is 0 Å². The minimum Gasteiger partial charge on any atom is -0.310 e. The van der Waals surface area contributed by atoms with E-state index in [1.54, 1.807) is 0 Å². The Bertz CT molecular complexity index is 3410. The zero-order chi connectivity index (χ0) is 41.0. The third-order valence-corrected chi connectivity index (χ3v) is 13.1. The molecule has 11 aromatic carbocycles. The lowest BCUT2D eigenvalue weighted by Gasteiger charge is -2.34. The molecule has 0 amide bonds. The SMILES string of the molecule is c1ccc(C2(c3ccccc3)c3ccccc3-c3c(N(c4ccc(-c5cccc(-c6cccc7ccccc67)c5)cc4)c4ccc5c(ccc6ccccc65)c4)cccc32)cc1. The van der Waals surface area contributed by atoms with Crippen molar-refractivity contribution in [2.45, 2.75) is 5.41 Å². The minimum absolute atomic E-state index is 0.503. The summed E-state index contributed by atoms with van der Waals surface area (Å²) in [4.78, 5) is 2.48. The van der Waals surface area contributed by atoms with Crippen LogP contribution in [-0.2, 0) is 5.41 Å². The topological polar surface area (TPSA) is 3.24 Å². The molecule has 290 valence electrons. The summed E-state index contributed by atoms with van der Waals surface area (Å²) in [5, 5.41) is 7.50. The highest BCUT2D eigenvalue weighted by Crippen LogP contribution is 2.59. The third-order valence-electron chi connectivity index (χ3n) is 13.1. The van der Waals surface area contributed by atoms with Gasteiger partial charge in [0.15, 0.2) is 0 Å². The third kappa shape index (κ3) is 5.63. The van der Waals surface area contributed by atoms with E-state index in [0.717, 1.165) is 17.1 Å². The maximum atomic E-state index is 2.48. The Morgan fingerprint density at radius 2 is 0.839 bits per heavy atom. The molecule has 1 heteroatoms. The molecule has 0 spiro atoms. The van der Waals surface area contributed by atoms with Crippen molar-refractivity contribution in [1.29, 1.82) is 0 Å². The summed E-state index contributed by atoms with van der Waals surface area (Å²) in [7, 11) is 0. The van der Waals surface area contributed by atoms with E-state index >= 15 is 0 Å². The highest BCUT2D eigenvalue weighted by atomic mass is 15.1. The van der Waals surface area contributed by atoms with Crippen molar-refractivity contribution in [3.05, 3.63) is 271 Å². The van der Waals surface area contributed by atoms with Crippen LogP contribution in [0.4, 0.5) is 17.1 Å². The van der Waals surface area contributed by atoms with Crippen LogP contribution < -0.4 is 4.90 Å². The standard InChI is InChI=1S/C61H41N/c1-3-21-48(22-4-1)61(49-23-5-2-6-24-49)57-29-12-11-27-56(57)60-58(61)30-15-31-59(60)62(51-38-39-55-47(41-51)33-32-44-17-8-10-26-53(44)55)50-36-34-42(35-37-50)45-19-13-20-46(40-45)54-28-14-18-43-16-7-9-25-52(43)54/h1-41H. The second kappa shape index (κ2) is 14.6. The van der Waals surface area contributed by atoms with Crippen molar-refractivity contribution in [2.75, 3.05) is 4.90 Å². The second-order valence-electron chi connectivity index (χ2n) is 16.4. The Morgan fingerprint density at radius 1 is 0.290 bits per heavy atom. The first-order valence-corrected chi connectivity index (χ1v) is 21.5. The van der Waals surface area contributed by atoms with E-state index in [1.807, 2.05) is 0 Å². The van der Waals surface area contributed by atoms with Gasteiger partial charge in [0.25, 0.3) is 0 Å². The van der Waals surface area contributed by atoms with Crippen LogP contribution in [0.25, 0.3) is 65.7 Å². The lowest BCUT2D eigenvalue weighted by Crippen LogP contribution is -2.28. The van der Waals surface area contributed by atoms with E-state index in [4.69, 9.17) is 0 Å². The molecule has 0 bridgehead atoms. The first kappa shape index (κ1) is 35.9. The first-order valence-electron chi connectivity index (χ1n) is 21.5. The van der Waals surface area contributed by atoms with E-state index < -0.39 is 5.41 Å². The van der Waals surface area contributed by atoms with Crippen molar-refractivity contribution in [2.24, 2.45) is 0 Å². The van der Waals surface area contributed by atoms with Crippen LogP contribution in [0.1, 0.15) is 22.3 Å². The van der Waals surface area contributed by atoms with Gasteiger partial charge in [-0.05, 0) is 119 Å². The molecular weight excluding hydrogens is 747 g/mol. The van der Waals surface area contributed by atoms with Crippen LogP contribution in [0.3, 0.4) is 0 Å². The molecule has 0 saturated heterocycles. The van der Waals surface area contributed by atoms with Gasteiger partial charge in [-0.25, -0.2) is 0 Å². The molecule has 0 aromatic heterocycles. The van der Waals surface area contributed by atoms with Crippen molar-refractivity contribution < 1.29 is 0 Å². The van der Waals surface area contributed by atoms with Gasteiger partial charge in [-0.2, -0.15) is 0 Å². The number of hydrogen-bond donors (Lipinski definition) is 0. The smallest absolute Gasteiger partial charge is 0.0714 e. The summed E-state index contributed by atoms with van der Waals surface area (Å²) in [6.07, 6.45) is 0. The van der Waals surface area contributed by atoms with Crippen molar-refractivity contribution in [3.63, 3.8) is 0 Å². The summed E-state index contributed by atoms with van der Waals surface area (Å²) in [5.41, 5.74) is 15.3. The number of fused-ring (bicyclic) bond motifs is 7. The van der Waals surface area contributed by atoms with Gasteiger partial charge < -0.3 is 4.90 Å². The Balaban J connectivity index is 1.06. The first-order chi connectivity index (χ1) is 30.8. The monoisotopic (exact) mass is 787 g/mol. The average Bonchev–Trinajstić information content (AvgIpc) is 3.66. The van der Waals surface area contributed by atoms with Crippen molar-refractivity contribution in [3.8, 4) is 33.4 Å². The fourth-order valence-corrected chi connectivity index (χ4v) is 10.4. The molecule has 0 atom stereocenters. The van der Waals surface area contributed by atoms with Gasteiger partial charge in [0.1, 0.15) is 0 Å². The maximum Gasteiger partial charge on any atom is 0.0714 e. The Kier molecular flexibility index (Phi) is 8.47. The molecular formula is C61H41N. The Hall–Kier alpha value is -8.00. The number of rotatable bonds is 7. The van der Waals surface area contributed by atoms with Gasteiger partial charge in [0.2, 0.25) is 0 Å². The fraction of sp³-hybridized carbons (Fsp3) is 0.0164. The van der Waals surface area contributed by atoms with Gasteiger partial charge >= 0.3 is 0 Å². The van der Waals surface area contributed by atoms with E-state index in [9.17, 15) is 0 Å². The van der Waals surface area contributed by atoms with Crippen LogP contribution in [0.5, 0.6) is 0 Å². The molecule has 11 aromatic rings. The molecule has 12 rings (SSSR count). The zero-order valence-corrected chi connectivity index (χ0v) is 34.1. The number of anilines is 3. The van der Waals surface area contributed by atoms with Gasteiger partial charge in [0, 0.05) is 16.9 Å². The van der Waals surface area contributed by atoms with Gasteiger partial charge in [-0.1, -0.05) is 212 Å². The summed E-state index contributed by atoms with van der Waals surface area (Å²) >= 11 is 0. The molecule has 0 heterocycles. The van der Waals surface area contributed by atoms with E-state index in [1.165, 1.54) is 88.0 Å². The summed E-state index contributed by atoms with van der Waals surface area (Å²) in [6.45, 7) is 0. The van der Waals surface area contributed by atoms with Gasteiger partial charge in [-0.3, -0.25) is 0 Å². The lowest BCUT2D eigenvalue weighted by atomic mass is 9.68. The predicted octanol–water partition coefficient (Wildman–Crippen LogP) is 16.3. The molecule has 0 N–H and O–H groups in total. The molecule has 0 fully saturated rings. The molecule has 1 nitrogen and oxygen atoms in total. The highest BCUT2D eigenvalue weighted by molar-refractivity contribution is 6.09. The minimum atomic E-state index is -0.503. The predicted molar refractivity (Wildman–Crippen MR) is 262 cm³/mol. The second-order valence-corrected chi connectivity index (χ2v) is 16.4. The van der Waals surface area contributed by atoms with E-state index in [0.29, 0.717) is 0 Å². The Morgan fingerprint density at radius 3 is 1.63 bits per heavy atom. The largest absolute Gasteiger partial charge is 0.310 e. The highest BCUT2D eigenvalue weighted by Gasteiger charge is 2.47. The van der Waals surface area contributed by atoms with Gasteiger partial charge in [-0.15, -0.1) is 0 Å². The van der Waals surface area contributed by atoms with E-state index in [2.05, 4.69) is 254 Å². The molecule has 0 radical (unpaired) electrons. The van der Waals surface area contributed by atoms with Crippen molar-refractivity contribution >= 4 is 49.4 Å². The van der Waals surface area contributed by atoms with Crippen molar-refractivity contribution in [1.82, 2.24) is 0 Å². The van der Waals surface area contributed by atoms with Crippen LogP contribution >= 0.6 is 0 Å². The Labute approximate surface area is 362 Å². The van der Waals surface area contributed by atoms with Crippen LogP contribution in [0.15, 0.2) is 249 Å². The molecule has 0 saturated carbocycles. The van der Waals surface area contributed by atoms with E-state index in [-0.39, 0.29) is 0 Å².